The lowest BCUT2D eigenvalue weighted by Gasteiger charge is -2.26. The number of hydrogen-bond donors (Lipinski definition) is 2. The van der Waals surface area contributed by atoms with E-state index in [1.165, 1.54) is 0 Å². The van der Waals surface area contributed by atoms with Crippen molar-refractivity contribution in [3.63, 3.8) is 0 Å². The first-order valence-electron chi connectivity index (χ1n) is 8.96. The van der Waals surface area contributed by atoms with Crippen LogP contribution in [0.25, 0.3) is 11.3 Å². The van der Waals surface area contributed by atoms with Crippen LogP contribution in [0.15, 0.2) is 36.4 Å². The smallest absolute Gasteiger partial charge is 0.225 e. The lowest BCUT2D eigenvalue weighted by atomic mass is 10.1. The zero-order valence-electron chi connectivity index (χ0n) is 15.0. The molecule has 1 aliphatic rings. The molecule has 0 saturated carbocycles. The SMILES string of the molecule is CC(C)Nc1nc(NCCN2CCOCC2)cc(-c2ccccc2)n1. The summed E-state index contributed by atoms with van der Waals surface area (Å²) in [4.78, 5) is 11.7. The molecule has 6 nitrogen and oxygen atoms in total. The van der Waals surface area contributed by atoms with E-state index in [4.69, 9.17) is 4.74 Å². The minimum absolute atomic E-state index is 0.284. The summed E-state index contributed by atoms with van der Waals surface area (Å²) in [6, 6.07) is 12.5. The van der Waals surface area contributed by atoms with Crippen LogP contribution >= 0.6 is 0 Å². The van der Waals surface area contributed by atoms with Gasteiger partial charge in [0, 0.05) is 43.9 Å². The molecular weight excluding hydrogens is 314 g/mol. The number of anilines is 2. The Morgan fingerprint density at radius 2 is 1.88 bits per heavy atom. The standard InChI is InChI=1S/C19H27N5O/c1-15(2)21-19-22-17(16-6-4-3-5-7-16)14-18(23-19)20-8-9-24-10-12-25-13-11-24/h3-7,14-15H,8-13H2,1-2H3,(H2,20,21,22,23). The average Bonchev–Trinajstić information content (AvgIpc) is 2.63. The van der Waals surface area contributed by atoms with Gasteiger partial charge in [0.25, 0.3) is 0 Å². The van der Waals surface area contributed by atoms with Gasteiger partial charge in [0.2, 0.25) is 5.95 Å². The third kappa shape index (κ3) is 5.41. The van der Waals surface area contributed by atoms with Gasteiger partial charge in [-0.25, -0.2) is 4.98 Å². The summed E-state index contributed by atoms with van der Waals surface area (Å²) in [6.07, 6.45) is 0. The quantitative estimate of drug-likeness (QED) is 0.807. The van der Waals surface area contributed by atoms with Gasteiger partial charge in [-0.15, -0.1) is 0 Å². The van der Waals surface area contributed by atoms with Crippen molar-refractivity contribution in [3.8, 4) is 11.3 Å². The van der Waals surface area contributed by atoms with Gasteiger partial charge in [0.05, 0.1) is 18.9 Å². The third-order valence-corrected chi connectivity index (χ3v) is 4.05. The molecule has 0 unspecified atom stereocenters. The van der Waals surface area contributed by atoms with Crippen molar-refractivity contribution < 1.29 is 4.74 Å². The van der Waals surface area contributed by atoms with Gasteiger partial charge in [-0.1, -0.05) is 30.3 Å². The van der Waals surface area contributed by atoms with Crippen LogP contribution < -0.4 is 10.6 Å². The number of ether oxygens (including phenoxy) is 1. The second-order valence-corrected chi connectivity index (χ2v) is 6.51. The van der Waals surface area contributed by atoms with Gasteiger partial charge >= 0.3 is 0 Å². The number of morpholine rings is 1. The number of hydrogen-bond acceptors (Lipinski definition) is 6. The maximum absolute atomic E-state index is 5.39. The molecule has 1 fully saturated rings. The van der Waals surface area contributed by atoms with Crippen LogP contribution in [0.5, 0.6) is 0 Å². The van der Waals surface area contributed by atoms with Crippen molar-refractivity contribution >= 4 is 11.8 Å². The van der Waals surface area contributed by atoms with E-state index >= 15 is 0 Å². The number of rotatable bonds is 7. The van der Waals surface area contributed by atoms with Gasteiger partial charge in [-0.3, -0.25) is 4.90 Å². The van der Waals surface area contributed by atoms with Crippen molar-refractivity contribution in [2.75, 3.05) is 50.0 Å². The summed E-state index contributed by atoms with van der Waals surface area (Å²) < 4.78 is 5.39. The van der Waals surface area contributed by atoms with Crippen molar-refractivity contribution in [1.29, 1.82) is 0 Å². The second-order valence-electron chi connectivity index (χ2n) is 6.51. The van der Waals surface area contributed by atoms with E-state index < -0.39 is 0 Å². The van der Waals surface area contributed by atoms with E-state index in [9.17, 15) is 0 Å². The molecule has 3 rings (SSSR count). The van der Waals surface area contributed by atoms with Crippen LogP contribution in [-0.2, 0) is 4.74 Å². The highest BCUT2D eigenvalue weighted by atomic mass is 16.5. The molecule has 2 heterocycles. The van der Waals surface area contributed by atoms with Crippen molar-refractivity contribution in [2.45, 2.75) is 19.9 Å². The van der Waals surface area contributed by atoms with Crippen molar-refractivity contribution in [2.24, 2.45) is 0 Å². The highest BCUT2D eigenvalue weighted by molar-refractivity contribution is 5.64. The Labute approximate surface area is 149 Å². The molecule has 134 valence electrons. The Balaban J connectivity index is 1.70. The van der Waals surface area contributed by atoms with Crippen LogP contribution in [0.1, 0.15) is 13.8 Å². The summed E-state index contributed by atoms with van der Waals surface area (Å²) in [5.41, 5.74) is 2.01. The molecule has 0 radical (unpaired) electrons. The molecule has 1 aliphatic heterocycles. The summed E-state index contributed by atoms with van der Waals surface area (Å²) in [5, 5.41) is 6.75. The normalized spacial score (nSPS) is 15.3. The minimum Gasteiger partial charge on any atom is -0.379 e. The van der Waals surface area contributed by atoms with Crippen LogP contribution in [0, 0.1) is 0 Å². The van der Waals surface area contributed by atoms with E-state index in [2.05, 4.69) is 51.5 Å². The molecule has 6 heteroatoms. The van der Waals surface area contributed by atoms with E-state index in [1.54, 1.807) is 0 Å². The van der Waals surface area contributed by atoms with Crippen molar-refractivity contribution in [3.05, 3.63) is 36.4 Å². The molecule has 1 aromatic carbocycles. The monoisotopic (exact) mass is 341 g/mol. The molecule has 2 aromatic rings. The van der Waals surface area contributed by atoms with E-state index in [-0.39, 0.29) is 6.04 Å². The molecule has 2 N–H and O–H groups in total. The van der Waals surface area contributed by atoms with Crippen LogP contribution in [0.4, 0.5) is 11.8 Å². The summed E-state index contributed by atoms with van der Waals surface area (Å²) in [7, 11) is 0. The van der Waals surface area contributed by atoms with Crippen LogP contribution in [-0.4, -0.2) is 60.3 Å². The maximum atomic E-state index is 5.39. The lowest BCUT2D eigenvalue weighted by molar-refractivity contribution is 0.0398. The Bertz CT molecular complexity index is 656. The molecule has 0 atom stereocenters. The van der Waals surface area contributed by atoms with Gasteiger partial charge in [-0.05, 0) is 13.8 Å². The first-order chi connectivity index (χ1) is 12.2. The molecule has 0 aliphatic carbocycles. The van der Waals surface area contributed by atoms with Crippen molar-refractivity contribution in [1.82, 2.24) is 14.9 Å². The molecular formula is C19H27N5O. The maximum Gasteiger partial charge on any atom is 0.225 e. The molecule has 0 spiro atoms. The zero-order valence-corrected chi connectivity index (χ0v) is 15.0. The summed E-state index contributed by atoms with van der Waals surface area (Å²) >= 11 is 0. The zero-order chi connectivity index (χ0) is 17.5. The average molecular weight is 341 g/mol. The third-order valence-electron chi connectivity index (χ3n) is 4.05. The number of benzene rings is 1. The highest BCUT2D eigenvalue weighted by Gasteiger charge is 2.11. The van der Waals surface area contributed by atoms with E-state index in [0.29, 0.717) is 5.95 Å². The lowest BCUT2D eigenvalue weighted by Crippen LogP contribution is -2.39. The predicted molar refractivity (Wildman–Crippen MR) is 102 cm³/mol. The van der Waals surface area contributed by atoms with Gasteiger partial charge < -0.3 is 15.4 Å². The summed E-state index contributed by atoms with van der Waals surface area (Å²) in [6.45, 7) is 9.67. The fraction of sp³-hybridized carbons (Fsp3) is 0.474. The first-order valence-corrected chi connectivity index (χ1v) is 8.96. The predicted octanol–water partition coefficient (Wildman–Crippen LogP) is 2.71. The fourth-order valence-corrected chi connectivity index (χ4v) is 2.78. The Morgan fingerprint density at radius 3 is 2.60 bits per heavy atom. The van der Waals surface area contributed by atoms with Crippen LogP contribution in [0.3, 0.4) is 0 Å². The second kappa shape index (κ2) is 8.78. The number of aromatic nitrogens is 2. The molecule has 25 heavy (non-hydrogen) atoms. The van der Waals surface area contributed by atoms with Gasteiger partial charge in [0.1, 0.15) is 5.82 Å². The van der Waals surface area contributed by atoms with Gasteiger partial charge in [0.15, 0.2) is 0 Å². The fourth-order valence-electron chi connectivity index (χ4n) is 2.78. The van der Waals surface area contributed by atoms with Gasteiger partial charge in [-0.2, -0.15) is 4.98 Å². The largest absolute Gasteiger partial charge is 0.379 e. The molecule has 1 aromatic heterocycles. The number of nitrogens with one attached hydrogen (secondary N) is 2. The van der Waals surface area contributed by atoms with E-state index in [0.717, 1.165) is 56.5 Å². The molecule has 0 amide bonds. The Morgan fingerprint density at radius 1 is 1.12 bits per heavy atom. The van der Waals surface area contributed by atoms with Crippen LogP contribution in [0.2, 0.25) is 0 Å². The molecule has 1 saturated heterocycles. The van der Waals surface area contributed by atoms with E-state index in [1.807, 2.05) is 24.3 Å². The topological polar surface area (TPSA) is 62.3 Å². The summed E-state index contributed by atoms with van der Waals surface area (Å²) in [5.74, 6) is 1.51. The number of nitrogens with zero attached hydrogens (tertiary/aromatic N) is 3. The highest BCUT2D eigenvalue weighted by Crippen LogP contribution is 2.21. The Kier molecular flexibility index (Phi) is 6.19. The minimum atomic E-state index is 0.284. The first kappa shape index (κ1) is 17.6. The Hall–Kier alpha value is -2.18. The molecule has 0 bridgehead atoms.